The van der Waals surface area contributed by atoms with E-state index in [2.05, 4.69) is 26.0 Å². The molecule has 1 fully saturated rings. The molecule has 4 N–H and O–H groups in total. The molecule has 40 heavy (non-hydrogen) atoms. The molecular formula is C31H58O9. The summed E-state index contributed by atoms with van der Waals surface area (Å²) in [6.45, 7) is 4.42. The second-order valence-corrected chi connectivity index (χ2v) is 10.9. The zero-order valence-electron chi connectivity index (χ0n) is 25.1. The minimum atomic E-state index is -1.53. The van der Waals surface area contributed by atoms with Gasteiger partial charge in [-0.05, 0) is 32.1 Å². The lowest BCUT2D eigenvalue weighted by atomic mass is 9.99. The first kappa shape index (κ1) is 37.0. The van der Waals surface area contributed by atoms with Gasteiger partial charge in [-0.25, -0.2) is 0 Å². The molecule has 1 aliphatic heterocycles. The Hall–Kier alpha value is -1.07. The van der Waals surface area contributed by atoms with Crippen molar-refractivity contribution in [1.29, 1.82) is 0 Å². The highest BCUT2D eigenvalue weighted by atomic mass is 16.7. The van der Waals surface area contributed by atoms with Crippen LogP contribution in [0.25, 0.3) is 0 Å². The van der Waals surface area contributed by atoms with Crippen LogP contribution in [-0.2, 0) is 23.7 Å². The number of ether oxygens (including phenoxy) is 4. The molecule has 0 bridgehead atoms. The van der Waals surface area contributed by atoms with Gasteiger partial charge in [-0.2, -0.15) is 0 Å². The molecule has 9 heteroatoms. The van der Waals surface area contributed by atoms with Gasteiger partial charge in [-0.1, -0.05) is 90.2 Å². The number of esters is 1. The van der Waals surface area contributed by atoms with Crippen LogP contribution in [0, 0.1) is 0 Å². The van der Waals surface area contributed by atoms with Crippen LogP contribution in [0.1, 0.15) is 117 Å². The van der Waals surface area contributed by atoms with E-state index in [9.17, 15) is 25.2 Å². The van der Waals surface area contributed by atoms with E-state index in [4.69, 9.17) is 18.9 Å². The summed E-state index contributed by atoms with van der Waals surface area (Å²) in [5.41, 5.74) is 0. The molecule has 1 heterocycles. The van der Waals surface area contributed by atoms with Gasteiger partial charge in [-0.15, -0.1) is 0 Å². The minimum Gasteiger partial charge on any atom is -0.457 e. The third kappa shape index (κ3) is 17.0. The van der Waals surface area contributed by atoms with Crippen molar-refractivity contribution >= 4 is 5.97 Å². The predicted octanol–water partition coefficient (Wildman–Crippen LogP) is 4.57. The molecule has 9 nitrogen and oxygen atoms in total. The number of aliphatic hydroxyl groups is 4. The lowest BCUT2D eigenvalue weighted by molar-refractivity contribution is -0.305. The Kier molecular flexibility index (Phi) is 22.7. The summed E-state index contributed by atoms with van der Waals surface area (Å²) >= 11 is 0. The van der Waals surface area contributed by atoms with Crippen LogP contribution in [0.2, 0.25) is 0 Å². The molecule has 236 valence electrons. The van der Waals surface area contributed by atoms with E-state index in [1.165, 1.54) is 44.9 Å². The molecule has 6 unspecified atom stereocenters. The summed E-state index contributed by atoms with van der Waals surface area (Å²) in [6.07, 6.45) is 14.0. The molecule has 0 amide bonds. The molecule has 6 atom stereocenters. The fraction of sp³-hybridized carbons (Fsp3) is 0.903. The zero-order chi connectivity index (χ0) is 29.4. The highest BCUT2D eigenvalue weighted by Gasteiger charge is 2.44. The summed E-state index contributed by atoms with van der Waals surface area (Å²) in [5, 5.41) is 39.6. The van der Waals surface area contributed by atoms with Gasteiger partial charge in [0.05, 0.1) is 19.8 Å². The SMILES string of the molecule is CCCC/C=C\CCCCCCCC(=O)OC(COCCCCCCCC)COC1OC(CO)C(O)C(O)C1O. The highest BCUT2D eigenvalue weighted by molar-refractivity contribution is 5.69. The number of aliphatic hydroxyl groups excluding tert-OH is 4. The topological polar surface area (TPSA) is 135 Å². The Morgan fingerprint density at radius 3 is 2.10 bits per heavy atom. The zero-order valence-corrected chi connectivity index (χ0v) is 25.1. The molecule has 0 saturated carbocycles. The standard InChI is InChI=1S/C31H58O9/c1-3-5-7-9-11-12-13-14-15-16-18-20-27(33)39-25(23-37-21-19-17-10-8-6-4-2)24-38-31-30(36)29(35)28(34)26(22-32)40-31/h9,11,25-26,28-32,34-36H,3-8,10,12-24H2,1-2H3/b11-9-. The average molecular weight is 575 g/mol. The number of carbonyl (C=O) groups is 1. The van der Waals surface area contributed by atoms with Crippen LogP contribution in [0.3, 0.4) is 0 Å². The minimum absolute atomic E-state index is 0.114. The predicted molar refractivity (Wildman–Crippen MR) is 155 cm³/mol. The molecule has 0 aromatic carbocycles. The Labute approximate surface area is 242 Å². The second-order valence-electron chi connectivity index (χ2n) is 10.9. The first-order valence-electron chi connectivity index (χ1n) is 15.8. The first-order valence-corrected chi connectivity index (χ1v) is 15.8. The van der Waals surface area contributed by atoms with Crippen LogP contribution < -0.4 is 0 Å². The smallest absolute Gasteiger partial charge is 0.306 e. The Morgan fingerprint density at radius 2 is 1.40 bits per heavy atom. The lowest BCUT2D eigenvalue weighted by Crippen LogP contribution is -2.59. The van der Waals surface area contributed by atoms with Gasteiger partial charge in [0.2, 0.25) is 0 Å². The van der Waals surface area contributed by atoms with Crippen molar-refractivity contribution in [3.63, 3.8) is 0 Å². The first-order chi connectivity index (χ1) is 19.4. The molecule has 0 aromatic heterocycles. The average Bonchev–Trinajstić information content (AvgIpc) is 2.95. The van der Waals surface area contributed by atoms with E-state index in [0.717, 1.165) is 51.4 Å². The van der Waals surface area contributed by atoms with Crippen molar-refractivity contribution in [1.82, 2.24) is 0 Å². The van der Waals surface area contributed by atoms with Crippen LogP contribution >= 0.6 is 0 Å². The summed E-state index contributed by atoms with van der Waals surface area (Å²) in [5.74, 6) is -0.329. The van der Waals surface area contributed by atoms with E-state index in [1.807, 2.05) is 0 Å². The maximum atomic E-state index is 12.5. The third-order valence-electron chi connectivity index (χ3n) is 7.18. The van der Waals surface area contributed by atoms with Crippen molar-refractivity contribution in [2.24, 2.45) is 0 Å². The van der Waals surface area contributed by atoms with E-state index in [-0.39, 0.29) is 19.2 Å². The van der Waals surface area contributed by atoms with Crippen molar-refractivity contribution in [3.05, 3.63) is 12.2 Å². The quantitative estimate of drug-likeness (QED) is 0.0702. The number of allylic oxidation sites excluding steroid dienone is 2. The Balaban J connectivity index is 2.40. The van der Waals surface area contributed by atoms with Crippen LogP contribution in [0.15, 0.2) is 12.2 Å². The number of hydrogen-bond donors (Lipinski definition) is 4. The highest BCUT2D eigenvalue weighted by Crippen LogP contribution is 2.22. The van der Waals surface area contributed by atoms with Gasteiger partial charge in [0, 0.05) is 13.0 Å². The van der Waals surface area contributed by atoms with Crippen LogP contribution in [-0.4, -0.2) is 89.6 Å². The molecule has 0 radical (unpaired) electrons. The molecule has 0 aliphatic carbocycles. The van der Waals surface area contributed by atoms with Gasteiger partial charge in [0.25, 0.3) is 0 Å². The fourth-order valence-corrected chi connectivity index (χ4v) is 4.59. The van der Waals surface area contributed by atoms with E-state index < -0.39 is 43.4 Å². The number of rotatable bonds is 25. The molecular weight excluding hydrogens is 516 g/mol. The molecule has 1 saturated heterocycles. The largest absolute Gasteiger partial charge is 0.457 e. The lowest BCUT2D eigenvalue weighted by Gasteiger charge is -2.39. The van der Waals surface area contributed by atoms with Crippen LogP contribution in [0.4, 0.5) is 0 Å². The summed E-state index contributed by atoms with van der Waals surface area (Å²) < 4.78 is 22.4. The number of unbranched alkanes of at least 4 members (excludes halogenated alkanes) is 12. The van der Waals surface area contributed by atoms with Crippen molar-refractivity contribution in [3.8, 4) is 0 Å². The summed E-state index contributed by atoms with van der Waals surface area (Å²) in [7, 11) is 0. The van der Waals surface area contributed by atoms with Crippen molar-refractivity contribution < 1.29 is 44.2 Å². The molecule has 1 rings (SSSR count). The maximum Gasteiger partial charge on any atom is 0.306 e. The number of carbonyl (C=O) groups excluding carboxylic acids is 1. The van der Waals surface area contributed by atoms with Crippen LogP contribution in [0.5, 0.6) is 0 Å². The molecule has 0 aromatic rings. The van der Waals surface area contributed by atoms with Gasteiger partial charge in [0.1, 0.15) is 30.5 Å². The van der Waals surface area contributed by atoms with Crippen molar-refractivity contribution in [2.75, 3.05) is 26.4 Å². The van der Waals surface area contributed by atoms with Gasteiger partial charge in [0.15, 0.2) is 6.29 Å². The monoisotopic (exact) mass is 574 g/mol. The van der Waals surface area contributed by atoms with Gasteiger partial charge >= 0.3 is 5.97 Å². The summed E-state index contributed by atoms with van der Waals surface area (Å²) in [4.78, 5) is 12.5. The normalized spacial score (nSPS) is 24.0. The molecule has 0 spiro atoms. The van der Waals surface area contributed by atoms with E-state index in [0.29, 0.717) is 13.0 Å². The fourth-order valence-electron chi connectivity index (χ4n) is 4.59. The number of hydrogen-bond acceptors (Lipinski definition) is 9. The summed E-state index contributed by atoms with van der Waals surface area (Å²) in [6, 6.07) is 0. The van der Waals surface area contributed by atoms with E-state index in [1.54, 1.807) is 0 Å². The molecule has 1 aliphatic rings. The van der Waals surface area contributed by atoms with Gasteiger partial charge in [-0.3, -0.25) is 4.79 Å². The van der Waals surface area contributed by atoms with Crippen molar-refractivity contribution in [2.45, 2.75) is 153 Å². The third-order valence-corrected chi connectivity index (χ3v) is 7.18. The van der Waals surface area contributed by atoms with Gasteiger partial charge < -0.3 is 39.4 Å². The second kappa shape index (κ2) is 24.5. The maximum absolute atomic E-state index is 12.5. The Morgan fingerprint density at radius 1 is 0.775 bits per heavy atom. The Bertz CT molecular complexity index is 628. The van der Waals surface area contributed by atoms with E-state index >= 15 is 0 Å².